The quantitative estimate of drug-likeness (QED) is 0.835. The second-order valence-electron chi connectivity index (χ2n) is 4.01. The van der Waals surface area contributed by atoms with Crippen molar-refractivity contribution in [3.8, 4) is 0 Å². The minimum atomic E-state index is -1.19. The number of nitrogens with zero attached hydrogens (tertiary/aromatic N) is 1. The van der Waals surface area contributed by atoms with Gasteiger partial charge in [0.05, 0.1) is 16.8 Å². The highest BCUT2D eigenvalue weighted by atomic mass is 16.4. The standard InChI is InChI=1S/C15H11NO4/c17-14(18)10-6-7-11(13(8-10)15(19)20)9-16-12-4-2-1-3-5-12/h1-9H,(H,17,18)(H,19,20)/b16-9+. The summed E-state index contributed by atoms with van der Waals surface area (Å²) in [7, 11) is 0. The first kappa shape index (κ1) is 13.5. The summed E-state index contributed by atoms with van der Waals surface area (Å²) in [5, 5.41) is 18.0. The molecule has 0 unspecified atom stereocenters. The molecule has 2 aromatic carbocycles. The van der Waals surface area contributed by atoms with Crippen LogP contribution in [0.3, 0.4) is 0 Å². The van der Waals surface area contributed by atoms with Crippen LogP contribution in [0, 0.1) is 0 Å². The van der Waals surface area contributed by atoms with Crippen molar-refractivity contribution in [2.75, 3.05) is 0 Å². The Hall–Kier alpha value is -2.95. The first-order valence-corrected chi connectivity index (χ1v) is 5.77. The molecule has 0 bridgehead atoms. The molecule has 0 aliphatic rings. The Kier molecular flexibility index (Phi) is 3.91. The van der Waals surface area contributed by atoms with Crippen molar-refractivity contribution in [2.45, 2.75) is 0 Å². The molecule has 0 spiro atoms. The zero-order valence-corrected chi connectivity index (χ0v) is 10.4. The molecule has 5 heteroatoms. The molecule has 0 aliphatic carbocycles. The molecule has 2 aromatic rings. The Morgan fingerprint density at radius 2 is 1.65 bits per heavy atom. The van der Waals surface area contributed by atoms with E-state index in [0.717, 1.165) is 6.07 Å². The molecule has 0 amide bonds. The highest BCUT2D eigenvalue weighted by Crippen LogP contribution is 2.14. The van der Waals surface area contributed by atoms with Gasteiger partial charge >= 0.3 is 11.9 Å². The van der Waals surface area contributed by atoms with Crippen molar-refractivity contribution in [3.05, 3.63) is 65.2 Å². The number of benzene rings is 2. The van der Waals surface area contributed by atoms with Crippen LogP contribution in [0.25, 0.3) is 0 Å². The van der Waals surface area contributed by atoms with E-state index in [9.17, 15) is 9.59 Å². The van der Waals surface area contributed by atoms with E-state index >= 15 is 0 Å². The topological polar surface area (TPSA) is 87.0 Å². The summed E-state index contributed by atoms with van der Waals surface area (Å²) in [6, 6.07) is 12.9. The van der Waals surface area contributed by atoms with E-state index in [4.69, 9.17) is 10.2 Å². The fourth-order valence-electron chi connectivity index (χ4n) is 1.65. The predicted octanol–water partition coefficient (Wildman–Crippen LogP) is 2.83. The molecule has 5 nitrogen and oxygen atoms in total. The Morgan fingerprint density at radius 3 is 2.25 bits per heavy atom. The number of carboxylic acids is 2. The summed E-state index contributed by atoms with van der Waals surface area (Å²) < 4.78 is 0. The average Bonchev–Trinajstić information content (AvgIpc) is 2.45. The van der Waals surface area contributed by atoms with E-state index in [2.05, 4.69) is 4.99 Å². The van der Waals surface area contributed by atoms with Crippen molar-refractivity contribution in [1.82, 2.24) is 0 Å². The van der Waals surface area contributed by atoms with Crippen LogP contribution in [0.1, 0.15) is 26.3 Å². The van der Waals surface area contributed by atoms with Crippen molar-refractivity contribution < 1.29 is 19.8 Å². The maximum atomic E-state index is 11.2. The van der Waals surface area contributed by atoms with E-state index in [0.29, 0.717) is 11.3 Å². The highest BCUT2D eigenvalue weighted by Gasteiger charge is 2.12. The monoisotopic (exact) mass is 269 g/mol. The molecule has 0 fully saturated rings. The van der Waals surface area contributed by atoms with Crippen LogP contribution in [0.5, 0.6) is 0 Å². The maximum absolute atomic E-state index is 11.2. The zero-order valence-electron chi connectivity index (χ0n) is 10.4. The lowest BCUT2D eigenvalue weighted by Crippen LogP contribution is -2.05. The number of carbonyl (C=O) groups is 2. The molecule has 20 heavy (non-hydrogen) atoms. The molecule has 2 rings (SSSR count). The third-order valence-corrected chi connectivity index (χ3v) is 2.64. The molecular formula is C15H11NO4. The number of para-hydroxylation sites is 1. The van der Waals surface area contributed by atoms with Crippen molar-refractivity contribution in [3.63, 3.8) is 0 Å². The third-order valence-electron chi connectivity index (χ3n) is 2.64. The van der Waals surface area contributed by atoms with Gasteiger partial charge in [0.25, 0.3) is 0 Å². The summed E-state index contributed by atoms with van der Waals surface area (Å²) >= 11 is 0. The summed E-state index contributed by atoms with van der Waals surface area (Å²) in [5.41, 5.74) is 0.876. The molecule has 0 heterocycles. The van der Waals surface area contributed by atoms with Gasteiger partial charge in [0.1, 0.15) is 0 Å². The number of hydrogen-bond acceptors (Lipinski definition) is 3. The van der Waals surface area contributed by atoms with Crippen LogP contribution < -0.4 is 0 Å². The summed E-state index contributed by atoms with van der Waals surface area (Å²) in [4.78, 5) is 26.2. The van der Waals surface area contributed by atoms with Crippen LogP contribution in [0.2, 0.25) is 0 Å². The number of aliphatic imine (C=N–C) groups is 1. The van der Waals surface area contributed by atoms with Gasteiger partial charge in [-0.2, -0.15) is 0 Å². The van der Waals surface area contributed by atoms with Gasteiger partial charge in [-0.3, -0.25) is 4.99 Å². The highest BCUT2D eigenvalue weighted by molar-refractivity contribution is 6.01. The molecule has 0 saturated carbocycles. The van der Waals surface area contributed by atoms with Crippen LogP contribution in [0.15, 0.2) is 53.5 Å². The van der Waals surface area contributed by atoms with Crippen molar-refractivity contribution in [2.24, 2.45) is 4.99 Å². The molecule has 0 aromatic heterocycles. The van der Waals surface area contributed by atoms with E-state index in [-0.39, 0.29) is 11.1 Å². The first-order chi connectivity index (χ1) is 9.58. The molecule has 0 aliphatic heterocycles. The fraction of sp³-hybridized carbons (Fsp3) is 0. The van der Waals surface area contributed by atoms with Gasteiger partial charge < -0.3 is 10.2 Å². The fourth-order valence-corrected chi connectivity index (χ4v) is 1.65. The lowest BCUT2D eigenvalue weighted by Gasteiger charge is -2.02. The Labute approximate surface area is 114 Å². The lowest BCUT2D eigenvalue weighted by atomic mass is 10.0. The molecule has 100 valence electrons. The van der Waals surface area contributed by atoms with Gasteiger partial charge in [0.15, 0.2) is 0 Å². The molecule has 0 atom stereocenters. The number of rotatable bonds is 4. The SMILES string of the molecule is O=C(O)c1ccc(/C=N/c2ccccc2)c(C(=O)O)c1. The van der Waals surface area contributed by atoms with Gasteiger partial charge in [-0.25, -0.2) is 9.59 Å². The Morgan fingerprint density at radius 1 is 0.950 bits per heavy atom. The number of aromatic carboxylic acids is 2. The van der Waals surface area contributed by atoms with Gasteiger partial charge in [-0.1, -0.05) is 24.3 Å². The molecular weight excluding hydrogens is 258 g/mol. The first-order valence-electron chi connectivity index (χ1n) is 5.77. The number of carboxylic acid groups (broad SMARTS) is 2. The van der Waals surface area contributed by atoms with Gasteiger partial charge in [-0.15, -0.1) is 0 Å². The Balaban J connectivity index is 2.39. The number of hydrogen-bond donors (Lipinski definition) is 2. The second kappa shape index (κ2) is 5.79. The van der Waals surface area contributed by atoms with Gasteiger partial charge in [-0.05, 0) is 24.3 Å². The van der Waals surface area contributed by atoms with E-state index < -0.39 is 11.9 Å². The molecule has 0 radical (unpaired) electrons. The molecule has 0 saturated heterocycles. The lowest BCUT2D eigenvalue weighted by molar-refractivity contribution is 0.0695. The maximum Gasteiger partial charge on any atom is 0.336 e. The van der Waals surface area contributed by atoms with Crippen LogP contribution in [-0.2, 0) is 0 Å². The van der Waals surface area contributed by atoms with Gasteiger partial charge in [0, 0.05) is 11.8 Å². The van der Waals surface area contributed by atoms with E-state index in [1.54, 1.807) is 12.1 Å². The van der Waals surface area contributed by atoms with Crippen molar-refractivity contribution >= 4 is 23.8 Å². The minimum Gasteiger partial charge on any atom is -0.478 e. The van der Waals surface area contributed by atoms with Crippen LogP contribution in [-0.4, -0.2) is 28.4 Å². The normalized spacial score (nSPS) is 10.6. The Bertz CT molecular complexity index is 678. The smallest absolute Gasteiger partial charge is 0.336 e. The molecule has 2 N–H and O–H groups in total. The van der Waals surface area contributed by atoms with Crippen LogP contribution in [0.4, 0.5) is 5.69 Å². The minimum absolute atomic E-state index is 0.0701. The predicted molar refractivity (Wildman–Crippen MR) is 74.1 cm³/mol. The largest absolute Gasteiger partial charge is 0.478 e. The average molecular weight is 269 g/mol. The van der Waals surface area contributed by atoms with E-state index in [1.807, 2.05) is 18.2 Å². The summed E-state index contributed by atoms with van der Waals surface area (Å²) in [6.07, 6.45) is 1.41. The summed E-state index contributed by atoms with van der Waals surface area (Å²) in [5.74, 6) is -2.36. The summed E-state index contributed by atoms with van der Waals surface area (Å²) in [6.45, 7) is 0. The van der Waals surface area contributed by atoms with Crippen molar-refractivity contribution in [1.29, 1.82) is 0 Å². The third kappa shape index (κ3) is 3.08. The van der Waals surface area contributed by atoms with Crippen LogP contribution >= 0.6 is 0 Å². The second-order valence-corrected chi connectivity index (χ2v) is 4.01. The zero-order chi connectivity index (χ0) is 14.5. The van der Waals surface area contributed by atoms with Gasteiger partial charge in [0.2, 0.25) is 0 Å². The van der Waals surface area contributed by atoms with E-state index in [1.165, 1.54) is 18.3 Å².